The highest BCUT2D eigenvalue weighted by Crippen LogP contribution is 2.35. The average Bonchev–Trinajstić information content (AvgIpc) is 2.42. The molecule has 0 amide bonds. The van der Waals surface area contributed by atoms with Crippen LogP contribution in [0.5, 0.6) is 23.0 Å². The summed E-state index contributed by atoms with van der Waals surface area (Å²) in [6, 6.07) is 9.98. The lowest BCUT2D eigenvalue weighted by Gasteiger charge is -2.12. The van der Waals surface area contributed by atoms with E-state index in [0.717, 1.165) is 12.1 Å². The Balaban J connectivity index is 2.14. The van der Waals surface area contributed by atoms with Crippen LogP contribution >= 0.6 is 0 Å². The van der Waals surface area contributed by atoms with E-state index in [-0.39, 0.29) is 5.75 Å². The van der Waals surface area contributed by atoms with E-state index < -0.39 is 6.36 Å². The molecule has 0 aliphatic rings. The molecule has 112 valence electrons. The smallest absolute Gasteiger partial charge is 0.494 e. The summed E-state index contributed by atoms with van der Waals surface area (Å²) in [5.74, 6) is 0.793. The first-order valence-electron chi connectivity index (χ1n) is 5.85. The first kappa shape index (κ1) is 14.8. The number of alkyl halides is 3. The molecule has 0 saturated carbocycles. The lowest BCUT2D eigenvalue weighted by atomic mass is 10.2. The van der Waals surface area contributed by atoms with Crippen molar-refractivity contribution in [2.75, 3.05) is 12.8 Å². The Labute approximate surface area is 118 Å². The molecule has 4 nitrogen and oxygen atoms in total. The molecule has 0 saturated heterocycles. The summed E-state index contributed by atoms with van der Waals surface area (Å²) in [5.41, 5.74) is 6.13. The van der Waals surface area contributed by atoms with Crippen LogP contribution in [0.3, 0.4) is 0 Å². The summed E-state index contributed by atoms with van der Waals surface area (Å²) >= 11 is 0. The van der Waals surface area contributed by atoms with Crippen LogP contribution in [0.25, 0.3) is 0 Å². The molecule has 0 heterocycles. The molecular formula is C14H12F3NO3. The van der Waals surface area contributed by atoms with Crippen LogP contribution in [0.4, 0.5) is 18.9 Å². The lowest BCUT2D eigenvalue weighted by Crippen LogP contribution is -2.16. The van der Waals surface area contributed by atoms with Crippen LogP contribution in [0, 0.1) is 0 Å². The Morgan fingerprint density at radius 3 is 2.05 bits per heavy atom. The van der Waals surface area contributed by atoms with E-state index in [9.17, 15) is 13.2 Å². The van der Waals surface area contributed by atoms with Crippen LogP contribution in [0.15, 0.2) is 42.5 Å². The van der Waals surface area contributed by atoms with Crippen molar-refractivity contribution in [1.29, 1.82) is 0 Å². The molecule has 0 unspecified atom stereocenters. The number of anilines is 1. The molecule has 0 radical (unpaired) electrons. The number of benzene rings is 2. The number of halogens is 3. The van der Waals surface area contributed by atoms with Gasteiger partial charge in [-0.25, -0.2) is 0 Å². The summed E-state index contributed by atoms with van der Waals surface area (Å²) in [5, 5.41) is 0. The van der Waals surface area contributed by atoms with Crippen molar-refractivity contribution in [2.24, 2.45) is 0 Å². The third-order valence-electron chi connectivity index (χ3n) is 2.53. The number of rotatable bonds is 4. The minimum atomic E-state index is -4.72. The minimum absolute atomic E-state index is 0.301. The Bertz CT molecular complexity index is 612. The minimum Gasteiger partial charge on any atom is -0.494 e. The van der Waals surface area contributed by atoms with E-state index in [1.807, 2.05) is 0 Å². The number of nitrogens with two attached hydrogens (primary N) is 1. The zero-order chi connectivity index (χ0) is 15.5. The first-order chi connectivity index (χ1) is 9.89. The molecule has 0 bridgehead atoms. The Kier molecular flexibility index (Phi) is 4.11. The summed E-state index contributed by atoms with van der Waals surface area (Å²) in [6.07, 6.45) is -4.72. The molecule has 21 heavy (non-hydrogen) atoms. The van der Waals surface area contributed by atoms with Crippen LogP contribution < -0.4 is 19.9 Å². The van der Waals surface area contributed by atoms with Gasteiger partial charge in [-0.3, -0.25) is 0 Å². The fourth-order valence-electron chi connectivity index (χ4n) is 1.63. The van der Waals surface area contributed by atoms with Gasteiger partial charge in [0.15, 0.2) is 5.75 Å². The lowest BCUT2D eigenvalue weighted by molar-refractivity contribution is -0.274. The zero-order valence-corrected chi connectivity index (χ0v) is 11.0. The molecule has 7 heteroatoms. The standard InChI is InChI=1S/C14H12F3NO3/c1-19-11-3-2-4-12(13(11)18)20-9-5-7-10(8-6-9)21-14(15,16)17/h2-8H,18H2,1H3. The van der Waals surface area contributed by atoms with E-state index >= 15 is 0 Å². The van der Waals surface area contributed by atoms with E-state index in [2.05, 4.69) is 4.74 Å². The maximum atomic E-state index is 12.0. The van der Waals surface area contributed by atoms with Gasteiger partial charge in [-0.05, 0) is 36.4 Å². The molecule has 0 spiro atoms. The topological polar surface area (TPSA) is 53.7 Å². The molecule has 0 fully saturated rings. The van der Waals surface area contributed by atoms with Gasteiger partial charge in [0.1, 0.15) is 22.9 Å². The number of methoxy groups -OCH3 is 1. The molecular weight excluding hydrogens is 287 g/mol. The van der Waals surface area contributed by atoms with Gasteiger partial charge in [0.05, 0.1) is 7.11 Å². The van der Waals surface area contributed by atoms with Crippen LogP contribution in [-0.4, -0.2) is 13.5 Å². The molecule has 0 aromatic heterocycles. The molecule has 2 N–H and O–H groups in total. The van der Waals surface area contributed by atoms with Crippen molar-refractivity contribution in [1.82, 2.24) is 0 Å². The fraction of sp³-hybridized carbons (Fsp3) is 0.143. The van der Waals surface area contributed by atoms with Gasteiger partial charge in [0.25, 0.3) is 0 Å². The summed E-state index contributed by atoms with van der Waals surface area (Å²) < 4.78 is 50.4. The maximum Gasteiger partial charge on any atom is 0.573 e. The van der Waals surface area contributed by atoms with Gasteiger partial charge in [0.2, 0.25) is 0 Å². The molecule has 0 aliphatic carbocycles. The van der Waals surface area contributed by atoms with Crippen molar-refractivity contribution < 1.29 is 27.4 Å². The third kappa shape index (κ3) is 3.95. The third-order valence-corrected chi connectivity index (χ3v) is 2.53. The van der Waals surface area contributed by atoms with Gasteiger partial charge in [0, 0.05) is 0 Å². The van der Waals surface area contributed by atoms with Gasteiger partial charge < -0.3 is 19.9 Å². The molecule has 2 aromatic carbocycles. The van der Waals surface area contributed by atoms with Crippen molar-refractivity contribution in [3.8, 4) is 23.0 Å². The number of ether oxygens (including phenoxy) is 3. The van der Waals surface area contributed by atoms with Crippen LogP contribution in [0.2, 0.25) is 0 Å². The van der Waals surface area contributed by atoms with Crippen LogP contribution in [0.1, 0.15) is 0 Å². The number of hydrogen-bond acceptors (Lipinski definition) is 4. The maximum absolute atomic E-state index is 12.0. The molecule has 2 rings (SSSR count). The Morgan fingerprint density at radius 1 is 0.905 bits per heavy atom. The highest BCUT2D eigenvalue weighted by Gasteiger charge is 2.30. The predicted octanol–water partition coefficient (Wildman–Crippen LogP) is 3.97. The largest absolute Gasteiger partial charge is 0.573 e. The second-order valence-corrected chi connectivity index (χ2v) is 3.99. The Morgan fingerprint density at radius 2 is 1.48 bits per heavy atom. The summed E-state index contributed by atoms with van der Waals surface area (Å²) in [4.78, 5) is 0. The SMILES string of the molecule is COc1cccc(Oc2ccc(OC(F)(F)F)cc2)c1N. The second-order valence-electron chi connectivity index (χ2n) is 3.99. The number of hydrogen-bond donors (Lipinski definition) is 1. The molecule has 0 aliphatic heterocycles. The van der Waals surface area contributed by atoms with Crippen molar-refractivity contribution in [3.63, 3.8) is 0 Å². The first-order valence-corrected chi connectivity index (χ1v) is 5.85. The normalized spacial score (nSPS) is 11.0. The summed E-state index contributed by atoms with van der Waals surface area (Å²) in [7, 11) is 1.47. The zero-order valence-electron chi connectivity index (χ0n) is 11.0. The molecule has 0 atom stereocenters. The van der Waals surface area contributed by atoms with Crippen LogP contribution in [-0.2, 0) is 0 Å². The van der Waals surface area contributed by atoms with E-state index in [1.54, 1.807) is 18.2 Å². The van der Waals surface area contributed by atoms with E-state index in [0.29, 0.717) is 22.9 Å². The number of para-hydroxylation sites is 1. The number of nitrogen functional groups attached to an aromatic ring is 1. The summed E-state index contributed by atoms with van der Waals surface area (Å²) in [6.45, 7) is 0. The molecule has 2 aromatic rings. The van der Waals surface area contributed by atoms with Gasteiger partial charge >= 0.3 is 6.36 Å². The van der Waals surface area contributed by atoms with Crippen molar-refractivity contribution in [3.05, 3.63) is 42.5 Å². The van der Waals surface area contributed by atoms with Gasteiger partial charge in [-0.2, -0.15) is 0 Å². The van der Waals surface area contributed by atoms with E-state index in [1.165, 1.54) is 19.2 Å². The van der Waals surface area contributed by atoms with Gasteiger partial charge in [-0.1, -0.05) is 6.07 Å². The van der Waals surface area contributed by atoms with Crippen molar-refractivity contribution >= 4 is 5.69 Å². The predicted molar refractivity (Wildman–Crippen MR) is 70.6 cm³/mol. The monoisotopic (exact) mass is 299 g/mol. The fourth-order valence-corrected chi connectivity index (χ4v) is 1.63. The van der Waals surface area contributed by atoms with Crippen molar-refractivity contribution in [2.45, 2.75) is 6.36 Å². The highest BCUT2D eigenvalue weighted by molar-refractivity contribution is 5.63. The average molecular weight is 299 g/mol. The quantitative estimate of drug-likeness (QED) is 0.868. The highest BCUT2D eigenvalue weighted by atomic mass is 19.4. The van der Waals surface area contributed by atoms with Gasteiger partial charge in [-0.15, -0.1) is 13.2 Å². The Hall–Kier alpha value is -2.57. The second kappa shape index (κ2) is 5.82. The van der Waals surface area contributed by atoms with E-state index in [4.69, 9.17) is 15.2 Å².